The molecule has 6 nitrogen and oxygen atoms in total. The van der Waals surface area contributed by atoms with Crippen LogP contribution in [0, 0.1) is 0 Å². The van der Waals surface area contributed by atoms with Crippen molar-refractivity contribution >= 4 is 29.3 Å². The third-order valence-electron chi connectivity index (χ3n) is 5.26. The predicted octanol–water partition coefficient (Wildman–Crippen LogP) is 5.35. The number of hydrogen-bond donors (Lipinski definition) is 1. The molecule has 0 saturated carbocycles. The predicted molar refractivity (Wildman–Crippen MR) is 138 cm³/mol. The van der Waals surface area contributed by atoms with Crippen LogP contribution in [0.15, 0.2) is 59.9 Å². The number of allylic oxidation sites excluding steroid dienone is 3. The zero-order valence-corrected chi connectivity index (χ0v) is 20.5. The fraction of sp³-hybridized carbons (Fsp3) is 0.296. The lowest BCUT2D eigenvalue weighted by atomic mass is 10.0. The number of benzene rings is 2. The van der Waals surface area contributed by atoms with Crippen LogP contribution in [0.5, 0.6) is 11.5 Å². The van der Waals surface area contributed by atoms with Crippen molar-refractivity contribution in [1.82, 2.24) is 0 Å². The molecule has 2 aromatic carbocycles. The van der Waals surface area contributed by atoms with Crippen LogP contribution in [-0.2, 0) is 4.79 Å². The number of ketones is 1. The van der Waals surface area contributed by atoms with Crippen LogP contribution in [0.3, 0.4) is 0 Å². The van der Waals surface area contributed by atoms with Gasteiger partial charge in [-0.2, -0.15) is 0 Å². The number of carbonyl (C=O) groups excluding carboxylic acids is 1. The molecule has 0 unspecified atom stereocenters. The number of nitrogens with zero attached hydrogens (tertiary/aromatic N) is 2. The molecule has 0 aliphatic heterocycles. The number of rotatable bonds is 10. The van der Waals surface area contributed by atoms with Crippen LogP contribution >= 0.6 is 0 Å². The Morgan fingerprint density at radius 1 is 0.848 bits per heavy atom. The van der Waals surface area contributed by atoms with Crippen molar-refractivity contribution < 1.29 is 19.4 Å². The Kier molecular flexibility index (Phi) is 9.16. The van der Waals surface area contributed by atoms with Gasteiger partial charge in [-0.15, -0.1) is 0 Å². The molecule has 0 aromatic heterocycles. The summed E-state index contributed by atoms with van der Waals surface area (Å²) in [6, 6.07) is 11.6. The molecule has 2 rings (SSSR count). The molecule has 0 amide bonds. The summed E-state index contributed by atoms with van der Waals surface area (Å²) in [4.78, 5) is 16.8. The van der Waals surface area contributed by atoms with Crippen molar-refractivity contribution in [1.29, 1.82) is 0 Å². The van der Waals surface area contributed by atoms with Gasteiger partial charge in [-0.3, -0.25) is 4.79 Å². The molecule has 6 heteroatoms. The van der Waals surface area contributed by atoms with Gasteiger partial charge in [0.05, 0.1) is 14.2 Å². The number of hydrogen-bond acceptors (Lipinski definition) is 6. The first kappa shape index (κ1) is 25.6. The van der Waals surface area contributed by atoms with Gasteiger partial charge in [0.15, 0.2) is 5.78 Å². The summed E-state index contributed by atoms with van der Waals surface area (Å²) in [5, 5.41) is 10.6. The first-order chi connectivity index (χ1) is 15.7. The molecule has 0 bridgehead atoms. The molecule has 2 aromatic rings. The van der Waals surface area contributed by atoms with Gasteiger partial charge in [-0.25, -0.2) is 0 Å². The highest BCUT2D eigenvalue weighted by Crippen LogP contribution is 2.27. The summed E-state index contributed by atoms with van der Waals surface area (Å²) < 4.78 is 10.9. The summed E-state index contributed by atoms with van der Waals surface area (Å²) in [7, 11) is 11.0. The second-order valence-corrected chi connectivity index (χ2v) is 7.89. The zero-order chi connectivity index (χ0) is 24.5. The molecule has 0 aliphatic carbocycles. The number of aliphatic hydroxyl groups excluding tert-OH is 1. The smallest absolute Gasteiger partial charge is 0.185 e. The van der Waals surface area contributed by atoms with E-state index in [4.69, 9.17) is 9.47 Å². The van der Waals surface area contributed by atoms with Gasteiger partial charge in [0.1, 0.15) is 17.3 Å². The third-order valence-corrected chi connectivity index (χ3v) is 5.26. The average molecular weight is 451 g/mol. The van der Waals surface area contributed by atoms with Gasteiger partial charge in [0, 0.05) is 68.4 Å². The zero-order valence-electron chi connectivity index (χ0n) is 20.5. The largest absolute Gasteiger partial charge is 0.508 e. The standard InChI is InChI=1S/C27H34N2O4/c1-8-23(24(30)15-11-19-9-13-21(28(2)3)17-26(19)32-6)25(31)16-12-20-10-14-22(29(4)5)18-27(20)33-7/h9-18,30H,8H2,1-7H3/b15-11+,16-12+,24-23-. The van der Waals surface area contributed by atoms with Crippen molar-refractivity contribution in [2.24, 2.45) is 0 Å². The van der Waals surface area contributed by atoms with E-state index in [0.717, 1.165) is 22.5 Å². The summed E-state index contributed by atoms with van der Waals surface area (Å²) in [5.41, 5.74) is 3.93. The highest BCUT2D eigenvalue weighted by molar-refractivity contribution is 6.07. The maximum atomic E-state index is 12.8. The normalized spacial score (nSPS) is 12.1. The Labute approximate surface area is 197 Å². The van der Waals surface area contributed by atoms with E-state index in [1.165, 1.54) is 12.2 Å². The Morgan fingerprint density at radius 2 is 1.30 bits per heavy atom. The van der Waals surface area contributed by atoms with Crippen molar-refractivity contribution in [3.63, 3.8) is 0 Å². The van der Waals surface area contributed by atoms with E-state index < -0.39 is 0 Å². The minimum atomic E-state index is -0.256. The third kappa shape index (κ3) is 6.65. The van der Waals surface area contributed by atoms with E-state index in [2.05, 4.69) is 0 Å². The van der Waals surface area contributed by atoms with Gasteiger partial charge >= 0.3 is 0 Å². The Bertz CT molecular complexity index is 1070. The lowest BCUT2D eigenvalue weighted by Gasteiger charge is -2.15. The molecule has 0 spiro atoms. The average Bonchev–Trinajstić information content (AvgIpc) is 2.81. The summed E-state index contributed by atoms with van der Waals surface area (Å²) in [6.07, 6.45) is 6.83. The highest BCUT2D eigenvalue weighted by Gasteiger charge is 2.11. The number of anilines is 2. The first-order valence-electron chi connectivity index (χ1n) is 10.7. The second-order valence-electron chi connectivity index (χ2n) is 7.89. The van der Waals surface area contributed by atoms with Crippen molar-refractivity contribution in [2.45, 2.75) is 13.3 Å². The maximum Gasteiger partial charge on any atom is 0.185 e. The number of methoxy groups -OCH3 is 2. The summed E-state index contributed by atoms with van der Waals surface area (Å²) >= 11 is 0. The molecule has 0 atom stereocenters. The number of carbonyl (C=O) groups is 1. The molecule has 0 fully saturated rings. The Balaban J connectivity index is 2.28. The van der Waals surface area contributed by atoms with Crippen LogP contribution in [0.4, 0.5) is 11.4 Å². The number of aliphatic hydroxyl groups is 1. The van der Waals surface area contributed by atoms with Crippen LogP contribution in [0.1, 0.15) is 24.5 Å². The molecule has 33 heavy (non-hydrogen) atoms. The van der Waals surface area contributed by atoms with E-state index in [1.54, 1.807) is 26.4 Å². The summed E-state index contributed by atoms with van der Waals surface area (Å²) in [6.45, 7) is 1.84. The quantitative estimate of drug-likeness (QED) is 0.299. The molecular weight excluding hydrogens is 416 g/mol. The van der Waals surface area contributed by atoms with Gasteiger partial charge in [-0.1, -0.05) is 6.92 Å². The van der Waals surface area contributed by atoms with E-state index in [0.29, 0.717) is 23.5 Å². The van der Waals surface area contributed by atoms with Crippen molar-refractivity contribution in [3.8, 4) is 11.5 Å². The molecule has 176 valence electrons. The van der Waals surface area contributed by atoms with Crippen molar-refractivity contribution in [2.75, 3.05) is 52.2 Å². The lowest BCUT2D eigenvalue weighted by Crippen LogP contribution is -2.08. The molecule has 0 heterocycles. The minimum absolute atomic E-state index is 0.0687. The molecule has 0 aliphatic rings. The highest BCUT2D eigenvalue weighted by atomic mass is 16.5. The first-order valence-corrected chi connectivity index (χ1v) is 10.7. The van der Waals surface area contributed by atoms with Gasteiger partial charge < -0.3 is 24.4 Å². The van der Waals surface area contributed by atoms with E-state index in [-0.39, 0.29) is 11.5 Å². The Morgan fingerprint density at radius 3 is 1.70 bits per heavy atom. The minimum Gasteiger partial charge on any atom is -0.508 e. The number of ether oxygens (including phenoxy) is 2. The van der Waals surface area contributed by atoms with Crippen LogP contribution < -0.4 is 19.3 Å². The SMILES string of the molecule is CC/C(C(=O)/C=C/c1ccc(N(C)C)cc1OC)=C(O)\C=C\c1ccc(N(C)C)cc1OC. The van der Waals surface area contributed by atoms with E-state index in [1.807, 2.05) is 81.3 Å². The fourth-order valence-corrected chi connectivity index (χ4v) is 3.25. The Hall–Kier alpha value is -3.67. The van der Waals surface area contributed by atoms with Crippen LogP contribution in [0.2, 0.25) is 0 Å². The molecular formula is C27H34N2O4. The fourth-order valence-electron chi connectivity index (χ4n) is 3.25. The van der Waals surface area contributed by atoms with Crippen molar-refractivity contribution in [3.05, 3.63) is 71.0 Å². The summed E-state index contributed by atoms with van der Waals surface area (Å²) in [5.74, 6) is 1.03. The van der Waals surface area contributed by atoms with Crippen LogP contribution in [-0.4, -0.2) is 53.3 Å². The van der Waals surface area contributed by atoms with E-state index in [9.17, 15) is 9.90 Å². The topological polar surface area (TPSA) is 62.2 Å². The maximum absolute atomic E-state index is 12.8. The van der Waals surface area contributed by atoms with Gasteiger partial charge in [-0.05, 0) is 55.0 Å². The monoisotopic (exact) mass is 450 g/mol. The van der Waals surface area contributed by atoms with Crippen LogP contribution in [0.25, 0.3) is 12.2 Å². The van der Waals surface area contributed by atoms with E-state index >= 15 is 0 Å². The second kappa shape index (κ2) is 11.8. The molecule has 1 N–H and O–H groups in total. The molecule has 0 radical (unpaired) electrons. The van der Waals surface area contributed by atoms with Gasteiger partial charge in [0.2, 0.25) is 0 Å². The van der Waals surface area contributed by atoms with Gasteiger partial charge in [0.25, 0.3) is 0 Å². The lowest BCUT2D eigenvalue weighted by molar-refractivity contribution is -0.111. The molecule has 0 saturated heterocycles.